The first-order valence-electron chi connectivity index (χ1n) is 5.55. The molecule has 2 heterocycles. The highest BCUT2D eigenvalue weighted by Crippen LogP contribution is 2.16. The number of fused-ring (bicyclic) bond motifs is 1. The second kappa shape index (κ2) is 4.14. The van der Waals surface area contributed by atoms with Crippen LogP contribution in [-0.2, 0) is 12.8 Å². The zero-order valence-corrected chi connectivity index (χ0v) is 9.40. The molecule has 0 fully saturated rings. The topological polar surface area (TPSA) is 55.0 Å². The normalized spacial score (nSPS) is 22.1. The lowest BCUT2D eigenvalue weighted by Crippen LogP contribution is -2.34. The van der Waals surface area contributed by atoms with Crippen molar-refractivity contribution in [2.75, 3.05) is 18.8 Å². The highest BCUT2D eigenvalue weighted by Gasteiger charge is 2.20. The van der Waals surface area contributed by atoms with Gasteiger partial charge in [-0.05, 0) is 13.5 Å². The number of nitrogen functional groups attached to an aromatic ring is 1. The Hall–Kier alpha value is -1.16. The van der Waals surface area contributed by atoms with Crippen molar-refractivity contribution in [3.63, 3.8) is 0 Å². The van der Waals surface area contributed by atoms with Crippen molar-refractivity contribution in [3.8, 4) is 0 Å². The number of aromatic nitrogens is 2. The standard InChI is InChI=1S/C11H18N4/c1-3-15-5-4-9-10(6-8(15)2)14-11(12)7-13-9/h7-8H,3-6H2,1-2H3,(H2,12,14)/t8-/m0/s1. The molecular formula is C11H18N4. The molecule has 0 radical (unpaired) electrons. The third-order valence-electron chi connectivity index (χ3n) is 3.10. The van der Waals surface area contributed by atoms with Crippen LogP contribution in [0.5, 0.6) is 0 Å². The second-order valence-electron chi connectivity index (χ2n) is 4.12. The monoisotopic (exact) mass is 206 g/mol. The van der Waals surface area contributed by atoms with Crippen LogP contribution >= 0.6 is 0 Å². The van der Waals surface area contributed by atoms with Gasteiger partial charge in [-0.25, -0.2) is 4.98 Å². The van der Waals surface area contributed by atoms with Crippen molar-refractivity contribution in [1.29, 1.82) is 0 Å². The summed E-state index contributed by atoms with van der Waals surface area (Å²) in [5.74, 6) is 0.533. The quantitative estimate of drug-likeness (QED) is 0.740. The van der Waals surface area contributed by atoms with Crippen LogP contribution in [0, 0.1) is 0 Å². The molecule has 0 saturated heterocycles. The molecule has 0 aromatic carbocycles. The lowest BCUT2D eigenvalue weighted by atomic mass is 10.1. The Morgan fingerprint density at radius 2 is 2.33 bits per heavy atom. The third-order valence-corrected chi connectivity index (χ3v) is 3.10. The molecule has 15 heavy (non-hydrogen) atoms. The Kier molecular flexibility index (Phi) is 2.86. The minimum Gasteiger partial charge on any atom is -0.382 e. The van der Waals surface area contributed by atoms with Gasteiger partial charge in [-0.3, -0.25) is 4.98 Å². The van der Waals surface area contributed by atoms with E-state index in [9.17, 15) is 0 Å². The van der Waals surface area contributed by atoms with Crippen LogP contribution in [0.25, 0.3) is 0 Å². The Balaban J connectivity index is 2.27. The van der Waals surface area contributed by atoms with Crippen LogP contribution in [0.1, 0.15) is 25.2 Å². The lowest BCUT2D eigenvalue weighted by Gasteiger charge is -2.24. The fraction of sp³-hybridized carbons (Fsp3) is 0.636. The van der Waals surface area contributed by atoms with Gasteiger partial charge in [-0.2, -0.15) is 0 Å². The Morgan fingerprint density at radius 3 is 3.07 bits per heavy atom. The van der Waals surface area contributed by atoms with Gasteiger partial charge in [0.2, 0.25) is 0 Å². The van der Waals surface area contributed by atoms with Crippen LogP contribution < -0.4 is 5.73 Å². The maximum Gasteiger partial charge on any atom is 0.142 e. The van der Waals surface area contributed by atoms with Gasteiger partial charge in [0.25, 0.3) is 0 Å². The molecule has 1 aromatic rings. The van der Waals surface area contributed by atoms with Crippen molar-refractivity contribution in [2.45, 2.75) is 32.7 Å². The maximum absolute atomic E-state index is 5.66. The largest absolute Gasteiger partial charge is 0.382 e. The molecule has 82 valence electrons. The fourth-order valence-corrected chi connectivity index (χ4v) is 2.19. The molecular weight excluding hydrogens is 188 g/mol. The molecule has 0 aliphatic carbocycles. The number of rotatable bonds is 1. The van der Waals surface area contributed by atoms with Gasteiger partial charge in [-0.1, -0.05) is 6.92 Å². The molecule has 0 amide bonds. The summed E-state index contributed by atoms with van der Waals surface area (Å²) in [5.41, 5.74) is 7.86. The molecule has 0 saturated carbocycles. The summed E-state index contributed by atoms with van der Waals surface area (Å²) in [4.78, 5) is 11.2. The predicted molar refractivity (Wildman–Crippen MR) is 60.6 cm³/mol. The molecule has 1 atom stereocenters. The molecule has 4 heteroatoms. The van der Waals surface area contributed by atoms with Crippen molar-refractivity contribution in [2.24, 2.45) is 0 Å². The Labute approximate surface area is 90.5 Å². The summed E-state index contributed by atoms with van der Waals surface area (Å²) in [6.07, 6.45) is 3.60. The van der Waals surface area contributed by atoms with Crippen molar-refractivity contribution < 1.29 is 0 Å². The maximum atomic E-state index is 5.66. The first kappa shape index (κ1) is 10.4. The zero-order valence-electron chi connectivity index (χ0n) is 9.40. The van der Waals surface area contributed by atoms with Crippen LogP contribution in [0.15, 0.2) is 6.20 Å². The molecule has 0 unspecified atom stereocenters. The van der Waals surface area contributed by atoms with Gasteiger partial charge < -0.3 is 10.6 Å². The predicted octanol–water partition coefficient (Wildman–Crippen LogP) is 0.868. The molecule has 1 aliphatic rings. The Morgan fingerprint density at radius 1 is 1.53 bits per heavy atom. The van der Waals surface area contributed by atoms with Crippen LogP contribution in [0.4, 0.5) is 5.82 Å². The van der Waals surface area contributed by atoms with Crippen LogP contribution in [0.3, 0.4) is 0 Å². The van der Waals surface area contributed by atoms with E-state index in [1.165, 1.54) is 0 Å². The molecule has 1 aliphatic heterocycles. The number of hydrogen-bond acceptors (Lipinski definition) is 4. The van der Waals surface area contributed by atoms with Gasteiger partial charge >= 0.3 is 0 Å². The highest BCUT2D eigenvalue weighted by atomic mass is 15.1. The summed E-state index contributed by atoms with van der Waals surface area (Å²) in [6.45, 7) is 6.60. The van der Waals surface area contributed by atoms with E-state index >= 15 is 0 Å². The van der Waals surface area contributed by atoms with Crippen molar-refractivity contribution >= 4 is 5.82 Å². The number of nitrogens with zero attached hydrogens (tertiary/aromatic N) is 3. The van der Waals surface area contributed by atoms with E-state index in [1.54, 1.807) is 6.20 Å². The average molecular weight is 206 g/mol. The second-order valence-corrected chi connectivity index (χ2v) is 4.12. The molecule has 2 rings (SSSR count). The summed E-state index contributed by atoms with van der Waals surface area (Å²) in [6, 6.07) is 0.535. The minimum atomic E-state index is 0.533. The summed E-state index contributed by atoms with van der Waals surface area (Å²) >= 11 is 0. The molecule has 1 aromatic heterocycles. The smallest absolute Gasteiger partial charge is 0.142 e. The van der Waals surface area contributed by atoms with E-state index in [-0.39, 0.29) is 0 Å². The molecule has 0 spiro atoms. The number of hydrogen-bond donors (Lipinski definition) is 1. The highest BCUT2D eigenvalue weighted by molar-refractivity contribution is 5.28. The van der Waals surface area contributed by atoms with Gasteiger partial charge in [-0.15, -0.1) is 0 Å². The number of likely N-dealkylation sites (N-methyl/N-ethyl adjacent to an activating group) is 1. The number of nitrogens with two attached hydrogens (primary N) is 1. The first-order chi connectivity index (χ1) is 7.20. The van der Waals surface area contributed by atoms with E-state index in [4.69, 9.17) is 5.73 Å². The van der Waals surface area contributed by atoms with Gasteiger partial charge in [0.1, 0.15) is 5.82 Å². The first-order valence-corrected chi connectivity index (χ1v) is 5.55. The fourth-order valence-electron chi connectivity index (χ4n) is 2.19. The summed E-state index contributed by atoms with van der Waals surface area (Å²) in [7, 11) is 0. The summed E-state index contributed by atoms with van der Waals surface area (Å²) < 4.78 is 0. The molecule has 0 bridgehead atoms. The number of anilines is 1. The average Bonchev–Trinajstić information content (AvgIpc) is 2.35. The van der Waals surface area contributed by atoms with Crippen LogP contribution in [0.2, 0.25) is 0 Å². The molecule has 4 nitrogen and oxygen atoms in total. The zero-order chi connectivity index (χ0) is 10.8. The Bertz CT molecular complexity index is 350. The van der Waals surface area contributed by atoms with Gasteiger partial charge in [0.15, 0.2) is 0 Å². The van der Waals surface area contributed by atoms with Gasteiger partial charge in [0, 0.05) is 25.4 Å². The lowest BCUT2D eigenvalue weighted by molar-refractivity contribution is 0.227. The summed E-state index contributed by atoms with van der Waals surface area (Å²) in [5, 5.41) is 0. The molecule has 2 N–H and O–H groups in total. The van der Waals surface area contributed by atoms with Crippen molar-refractivity contribution in [1.82, 2.24) is 14.9 Å². The SMILES string of the molecule is CCN1CCc2ncc(N)nc2C[C@@H]1C. The minimum absolute atomic E-state index is 0.533. The van der Waals surface area contributed by atoms with E-state index in [0.29, 0.717) is 11.9 Å². The van der Waals surface area contributed by atoms with Crippen molar-refractivity contribution in [3.05, 3.63) is 17.6 Å². The van der Waals surface area contributed by atoms with E-state index < -0.39 is 0 Å². The van der Waals surface area contributed by atoms with Crippen LogP contribution in [-0.4, -0.2) is 34.0 Å². The van der Waals surface area contributed by atoms with Gasteiger partial charge in [0.05, 0.1) is 17.6 Å². The third kappa shape index (κ3) is 2.09. The van der Waals surface area contributed by atoms with E-state index in [0.717, 1.165) is 37.3 Å². The van der Waals surface area contributed by atoms with E-state index in [1.807, 2.05) is 0 Å². The van der Waals surface area contributed by atoms with E-state index in [2.05, 4.69) is 28.7 Å².